The van der Waals surface area contributed by atoms with E-state index < -0.39 is 5.60 Å². The molecule has 0 saturated heterocycles. The van der Waals surface area contributed by atoms with Gasteiger partial charge in [-0.15, -0.1) is 0 Å². The van der Waals surface area contributed by atoms with Crippen molar-refractivity contribution in [2.24, 2.45) is 0 Å². The van der Waals surface area contributed by atoms with Gasteiger partial charge in [-0.1, -0.05) is 18.2 Å². The Balaban J connectivity index is 2.65. The van der Waals surface area contributed by atoms with Crippen molar-refractivity contribution in [2.45, 2.75) is 39.9 Å². The molecule has 0 fully saturated rings. The summed E-state index contributed by atoms with van der Waals surface area (Å²) in [5, 5.41) is 0. The zero-order chi connectivity index (χ0) is 15.9. The van der Waals surface area contributed by atoms with Gasteiger partial charge in [0.2, 0.25) is 0 Å². The molecule has 0 spiro atoms. The van der Waals surface area contributed by atoms with Gasteiger partial charge in [0.05, 0.1) is 6.61 Å². The minimum Gasteiger partial charge on any atom is -0.457 e. The van der Waals surface area contributed by atoms with Gasteiger partial charge in [0.15, 0.2) is 0 Å². The standard InChI is InChI=1S/C17H24O4/c1-13-10-14(6-8-15(13)11-20-12-19-5)7-9-16(18)21-17(2,3)4/h6-10H,11-12H2,1-5H3/b9-7+. The summed E-state index contributed by atoms with van der Waals surface area (Å²) in [4.78, 5) is 11.6. The van der Waals surface area contributed by atoms with Crippen LogP contribution in [0.2, 0.25) is 0 Å². The second-order valence-electron chi connectivity index (χ2n) is 5.81. The summed E-state index contributed by atoms with van der Waals surface area (Å²) >= 11 is 0. The molecule has 21 heavy (non-hydrogen) atoms. The zero-order valence-electron chi connectivity index (χ0n) is 13.4. The van der Waals surface area contributed by atoms with Crippen LogP contribution in [0.15, 0.2) is 24.3 Å². The third-order valence-electron chi connectivity index (χ3n) is 2.64. The fourth-order valence-electron chi connectivity index (χ4n) is 1.72. The van der Waals surface area contributed by atoms with Gasteiger partial charge in [-0.25, -0.2) is 4.79 Å². The number of ether oxygens (including phenoxy) is 3. The summed E-state index contributed by atoms with van der Waals surface area (Å²) < 4.78 is 15.4. The van der Waals surface area contributed by atoms with Crippen molar-refractivity contribution in [3.63, 3.8) is 0 Å². The zero-order valence-corrected chi connectivity index (χ0v) is 13.4. The summed E-state index contributed by atoms with van der Waals surface area (Å²) in [6, 6.07) is 5.94. The van der Waals surface area contributed by atoms with Gasteiger partial charge in [-0.05, 0) is 50.5 Å². The smallest absolute Gasteiger partial charge is 0.331 e. The number of hydrogen-bond acceptors (Lipinski definition) is 4. The fourth-order valence-corrected chi connectivity index (χ4v) is 1.72. The number of benzene rings is 1. The van der Waals surface area contributed by atoms with E-state index in [2.05, 4.69) is 0 Å². The van der Waals surface area contributed by atoms with Gasteiger partial charge in [0.1, 0.15) is 12.4 Å². The lowest BCUT2D eigenvalue weighted by Crippen LogP contribution is -2.22. The number of carbonyl (C=O) groups is 1. The third kappa shape index (κ3) is 7.06. The summed E-state index contributed by atoms with van der Waals surface area (Å²) in [6.07, 6.45) is 3.20. The van der Waals surface area contributed by atoms with E-state index >= 15 is 0 Å². The van der Waals surface area contributed by atoms with Crippen molar-refractivity contribution in [1.82, 2.24) is 0 Å². The van der Waals surface area contributed by atoms with Crippen molar-refractivity contribution in [2.75, 3.05) is 13.9 Å². The van der Waals surface area contributed by atoms with Gasteiger partial charge in [-0.3, -0.25) is 0 Å². The van der Waals surface area contributed by atoms with Crippen molar-refractivity contribution >= 4 is 12.0 Å². The maximum Gasteiger partial charge on any atom is 0.331 e. The molecule has 0 aliphatic rings. The summed E-state index contributed by atoms with van der Waals surface area (Å²) in [5.74, 6) is -0.340. The molecule has 0 aromatic heterocycles. The van der Waals surface area contributed by atoms with Gasteiger partial charge < -0.3 is 14.2 Å². The van der Waals surface area contributed by atoms with Crippen LogP contribution >= 0.6 is 0 Å². The molecule has 0 heterocycles. The highest BCUT2D eigenvalue weighted by Crippen LogP contribution is 2.14. The molecule has 0 bridgehead atoms. The number of rotatable bonds is 6. The predicted octanol–water partition coefficient (Wildman–Crippen LogP) is 3.47. The monoisotopic (exact) mass is 292 g/mol. The molecule has 0 atom stereocenters. The third-order valence-corrected chi connectivity index (χ3v) is 2.64. The lowest BCUT2D eigenvalue weighted by Gasteiger charge is -2.17. The van der Waals surface area contributed by atoms with E-state index in [9.17, 15) is 4.79 Å². The Morgan fingerprint density at radius 1 is 1.29 bits per heavy atom. The normalized spacial score (nSPS) is 11.9. The molecule has 0 aliphatic carbocycles. The van der Waals surface area contributed by atoms with E-state index in [1.165, 1.54) is 6.08 Å². The lowest BCUT2D eigenvalue weighted by atomic mass is 10.1. The van der Waals surface area contributed by atoms with Crippen LogP contribution in [-0.2, 0) is 25.6 Å². The highest BCUT2D eigenvalue weighted by Gasteiger charge is 2.13. The Morgan fingerprint density at radius 3 is 2.57 bits per heavy atom. The summed E-state index contributed by atoms with van der Waals surface area (Å²) in [5.41, 5.74) is 2.69. The van der Waals surface area contributed by atoms with E-state index in [4.69, 9.17) is 14.2 Å². The average molecular weight is 292 g/mol. The number of carbonyl (C=O) groups excluding carboxylic acids is 1. The maximum absolute atomic E-state index is 11.6. The van der Waals surface area contributed by atoms with E-state index in [1.54, 1.807) is 13.2 Å². The molecule has 0 N–H and O–H groups in total. The van der Waals surface area contributed by atoms with Crippen LogP contribution in [0.3, 0.4) is 0 Å². The van der Waals surface area contributed by atoms with Gasteiger partial charge in [0, 0.05) is 13.2 Å². The van der Waals surface area contributed by atoms with Crippen LogP contribution in [-0.4, -0.2) is 25.5 Å². The molecule has 1 rings (SSSR count). The summed E-state index contributed by atoms with van der Waals surface area (Å²) in [7, 11) is 1.59. The van der Waals surface area contributed by atoms with Crippen LogP contribution < -0.4 is 0 Å². The van der Waals surface area contributed by atoms with Crippen molar-refractivity contribution < 1.29 is 19.0 Å². The quantitative estimate of drug-likeness (QED) is 0.348. The Kier molecular flexibility index (Phi) is 6.59. The van der Waals surface area contributed by atoms with Gasteiger partial charge in [-0.2, -0.15) is 0 Å². The second kappa shape index (κ2) is 7.96. The lowest BCUT2D eigenvalue weighted by molar-refractivity contribution is -0.148. The van der Waals surface area contributed by atoms with Crippen LogP contribution in [0, 0.1) is 6.92 Å². The second-order valence-corrected chi connectivity index (χ2v) is 5.81. The van der Waals surface area contributed by atoms with Gasteiger partial charge >= 0.3 is 5.97 Å². The molecule has 116 valence electrons. The molecule has 0 radical (unpaired) electrons. The van der Waals surface area contributed by atoms with Crippen molar-refractivity contribution in [1.29, 1.82) is 0 Å². The minimum atomic E-state index is -0.472. The van der Waals surface area contributed by atoms with Crippen LogP contribution in [0.1, 0.15) is 37.5 Å². The molecule has 4 nitrogen and oxygen atoms in total. The Hall–Kier alpha value is -1.65. The summed E-state index contributed by atoms with van der Waals surface area (Å²) in [6.45, 7) is 8.33. The van der Waals surface area contributed by atoms with E-state index in [1.807, 2.05) is 45.9 Å². The van der Waals surface area contributed by atoms with Crippen LogP contribution in [0.25, 0.3) is 6.08 Å². The molecular formula is C17H24O4. The average Bonchev–Trinajstić information content (AvgIpc) is 2.37. The predicted molar refractivity (Wildman–Crippen MR) is 82.7 cm³/mol. The molecule has 0 unspecified atom stereocenters. The topological polar surface area (TPSA) is 44.8 Å². The van der Waals surface area contributed by atoms with Crippen molar-refractivity contribution in [3.8, 4) is 0 Å². The number of methoxy groups -OCH3 is 1. The minimum absolute atomic E-state index is 0.278. The molecule has 0 amide bonds. The largest absolute Gasteiger partial charge is 0.457 e. The first-order valence-electron chi connectivity index (χ1n) is 6.89. The first-order chi connectivity index (χ1) is 9.81. The van der Waals surface area contributed by atoms with Gasteiger partial charge in [0.25, 0.3) is 0 Å². The van der Waals surface area contributed by atoms with E-state index in [0.717, 1.165) is 16.7 Å². The Bertz CT molecular complexity index is 498. The molecule has 1 aromatic rings. The molecular weight excluding hydrogens is 268 g/mol. The molecule has 1 aromatic carbocycles. The SMILES string of the molecule is COCOCc1ccc(/C=C/C(=O)OC(C)(C)C)cc1C. The number of esters is 1. The highest BCUT2D eigenvalue weighted by molar-refractivity contribution is 5.87. The first-order valence-corrected chi connectivity index (χ1v) is 6.89. The number of hydrogen-bond donors (Lipinski definition) is 0. The highest BCUT2D eigenvalue weighted by atomic mass is 16.7. The number of aryl methyl sites for hydroxylation is 1. The molecule has 0 saturated carbocycles. The van der Waals surface area contributed by atoms with E-state index in [-0.39, 0.29) is 12.8 Å². The molecule has 4 heteroatoms. The Labute approximate surface area is 126 Å². The maximum atomic E-state index is 11.6. The molecule has 0 aliphatic heterocycles. The Morgan fingerprint density at radius 2 is 2.00 bits per heavy atom. The fraction of sp³-hybridized carbons (Fsp3) is 0.471. The van der Waals surface area contributed by atoms with E-state index in [0.29, 0.717) is 6.61 Å². The van der Waals surface area contributed by atoms with Crippen molar-refractivity contribution in [3.05, 3.63) is 41.0 Å². The first kappa shape index (κ1) is 17.4. The van der Waals surface area contributed by atoms with Crippen LogP contribution in [0.5, 0.6) is 0 Å². The van der Waals surface area contributed by atoms with Crippen LogP contribution in [0.4, 0.5) is 0 Å².